The molecule has 3 heteroatoms. The first kappa shape index (κ1) is 16.1. The van der Waals surface area contributed by atoms with E-state index >= 15 is 0 Å². The van der Waals surface area contributed by atoms with Crippen molar-refractivity contribution in [1.29, 1.82) is 0 Å². The average molecular weight is 266 g/mol. The molecule has 0 amide bonds. The summed E-state index contributed by atoms with van der Waals surface area (Å²) in [5.74, 6) is -0.209. The molecule has 0 saturated carbocycles. The first-order valence-corrected chi connectivity index (χ1v) is 7.17. The van der Waals surface area contributed by atoms with Crippen molar-refractivity contribution in [2.24, 2.45) is 5.73 Å². The van der Waals surface area contributed by atoms with Crippen molar-refractivity contribution < 1.29 is 4.39 Å². The minimum absolute atomic E-state index is 0.209. The van der Waals surface area contributed by atoms with Crippen molar-refractivity contribution in [2.45, 2.75) is 51.1 Å². The fraction of sp³-hybridized carbons (Fsp3) is 0.625. The first-order chi connectivity index (χ1) is 8.95. The summed E-state index contributed by atoms with van der Waals surface area (Å²) in [6, 6.07) is 6.93. The summed E-state index contributed by atoms with van der Waals surface area (Å²) in [5.41, 5.74) is 7.36. The molecule has 0 fully saturated rings. The summed E-state index contributed by atoms with van der Waals surface area (Å²) in [6.07, 6.45) is 4.10. The molecular weight excluding hydrogens is 239 g/mol. The van der Waals surface area contributed by atoms with Gasteiger partial charge in [0.1, 0.15) is 5.82 Å². The van der Waals surface area contributed by atoms with Crippen LogP contribution < -0.4 is 5.73 Å². The Labute approximate surface area is 116 Å². The summed E-state index contributed by atoms with van der Waals surface area (Å²) in [4.78, 5) is 2.18. The molecule has 0 aromatic heterocycles. The number of halogens is 1. The van der Waals surface area contributed by atoms with Gasteiger partial charge in [-0.1, -0.05) is 38.8 Å². The Morgan fingerprint density at radius 2 is 1.79 bits per heavy atom. The molecule has 0 aliphatic carbocycles. The van der Waals surface area contributed by atoms with Gasteiger partial charge in [-0.2, -0.15) is 0 Å². The molecule has 1 aromatic carbocycles. The Hall–Kier alpha value is -0.930. The SMILES string of the molecule is CCCCC(N)(c1ccc(F)cc1)C(CC)N(C)C. The van der Waals surface area contributed by atoms with Crippen molar-refractivity contribution in [1.82, 2.24) is 4.90 Å². The van der Waals surface area contributed by atoms with Crippen molar-refractivity contribution in [3.05, 3.63) is 35.6 Å². The predicted octanol–water partition coefficient (Wildman–Crippen LogP) is 3.51. The van der Waals surface area contributed by atoms with Gasteiger partial charge in [-0.25, -0.2) is 4.39 Å². The van der Waals surface area contributed by atoms with E-state index in [2.05, 4.69) is 32.8 Å². The standard InChI is InChI=1S/C16H27FN2/c1-5-7-12-16(18,15(6-2)19(3)4)13-8-10-14(17)11-9-13/h8-11,15H,5-7,12,18H2,1-4H3. The number of benzene rings is 1. The molecule has 0 aliphatic rings. The lowest BCUT2D eigenvalue weighted by Crippen LogP contribution is -2.53. The monoisotopic (exact) mass is 266 g/mol. The van der Waals surface area contributed by atoms with Crippen LogP contribution in [0, 0.1) is 5.82 Å². The summed E-state index contributed by atoms with van der Waals surface area (Å²) >= 11 is 0. The summed E-state index contributed by atoms with van der Waals surface area (Å²) in [6.45, 7) is 4.32. The molecule has 0 aliphatic heterocycles. The van der Waals surface area contributed by atoms with E-state index in [9.17, 15) is 4.39 Å². The zero-order chi connectivity index (χ0) is 14.5. The van der Waals surface area contributed by atoms with Crippen LogP contribution in [0.3, 0.4) is 0 Å². The molecule has 2 N–H and O–H groups in total. The zero-order valence-corrected chi connectivity index (χ0v) is 12.6. The minimum Gasteiger partial charge on any atom is -0.320 e. The van der Waals surface area contributed by atoms with Gasteiger partial charge in [0.25, 0.3) is 0 Å². The van der Waals surface area contributed by atoms with Gasteiger partial charge in [0.2, 0.25) is 0 Å². The lowest BCUT2D eigenvalue weighted by Gasteiger charge is -2.41. The van der Waals surface area contributed by atoms with E-state index in [0.717, 1.165) is 31.2 Å². The lowest BCUT2D eigenvalue weighted by atomic mass is 9.78. The third-order valence-corrected chi connectivity index (χ3v) is 3.93. The minimum atomic E-state index is -0.415. The first-order valence-electron chi connectivity index (χ1n) is 7.17. The molecule has 1 rings (SSSR count). The highest BCUT2D eigenvalue weighted by atomic mass is 19.1. The predicted molar refractivity (Wildman–Crippen MR) is 79.6 cm³/mol. The number of hydrogen-bond donors (Lipinski definition) is 1. The summed E-state index contributed by atoms with van der Waals surface area (Å²) in [5, 5.41) is 0. The maximum atomic E-state index is 13.1. The van der Waals surface area contributed by atoms with E-state index < -0.39 is 5.54 Å². The van der Waals surface area contributed by atoms with Gasteiger partial charge in [-0.3, -0.25) is 0 Å². The quantitative estimate of drug-likeness (QED) is 0.818. The number of nitrogens with two attached hydrogens (primary N) is 1. The van der Waals surface area contributed by atoms with Crippen LogP contribution in [0.1, 0.15) is 45.1 Å². The van der Waals surface area contributed by atoms with Gasteiger partial charge in [-0.05, 0) is 44.6 Å². The highest BCUT2D eigenvalue weighted by molar-refractivity contribution is 5.27. The smallest absolute Gasteiger partial charge is 0.123 e. The van der Waals surface area contributed by atoms with E-state index in [1.807, 2.05) is 12.1 Å². The van der Waals surface area contributed by atoms with Crippen molar-refractivity contribution in [2.75, 3.05) is 14.1 Å². The largest absolute Gasteiger partial charge is 0.320 e. The Morgan fingerprint density at radius 3 is 2.21 bits per heavy atom. The molecule has 0 heterocycles. The molecule has 0 saturated heterocycles. The van der Waals surface area contributed by atoms with Crippen LogP contribution in [-0.4, -0.2) is 25.0 Å². The Kier molecular flexibility index (Phi) is 5.95. The van der Waals surface area contributed by atoms with E-state index in [4.69, 9.17) is 5.73 Å². The number of likely N-dealkylation sites (N-methyl/N-ethyl adjacent to an activating group) is 1. The third-order valence-electron chi connectivity index (χ3n) is 3.93. The van der Waals surface area contributed by atoms with Crippen LogP contribution in [0.15, 0.2) is 24.3 Å². The highest BCUT2D eigenvalue weighted by Gasteiger charge is 2.36. The Morgan fingerprint density at radius 1 is 1.21 bits per heavy atom. The van der Waals surface area contributed by atoms with Gasteiger partial charge >= 0.3 is 0 Å². The van der Waals surface area contributed by atoms with Crippen molar-refractivity contribution in [3.8, 4) is 0 Å². The third kappa shape index (κ3) is 3.77. The Bertz CT molecular complexity index is 375. The average Bonchev–Trinajstić information content (AvgIpc) is 2.37. The summed E-state index contributed by atoms with van der Waals surface area (Å²) < 4.78 is 13.1. The molecule has 0 radical (unpaired) electrons. The van der Waals surface area contributed by atoms with E-state index in [1.54, 1.807) is 0 Å². The highest BCUT2D eigenvalue weighted by Crippen LogP contribution is 2.32. The van der Waals surface area contributed by atoms with E-state index in [0.29, 0.717) is 0 Å². The molecule has 0 bridgehead atoms. The van der Waals surface area contributed by atoms with Gasteiger partial charge in [0, 0.05) is 6.04 Å². The zero-order valence-electron chi connectivity index (χ0n) is 12.6. The fourth-order valence-electron chi connectivity index (χ4n) is 2.92. The van der Waals surface area contributed by atoms with E-state index in [-0.39, 0.29) is 11.9 Å². The van der Waals surface area contributed by atoms with Gasteiger partial charge in [0.15, 0.2) is 0 Å². The Balaban J connectivity index is 3.13. The molecule has 1 aromatic rings. The lowest BCUT2D eigenvalue weighted by molar-refractivity contribution is 0.158. The van der Waals surface area contributed by atoms with Gasteiger partial charge in [0.05, 0.1) is 5.54 Å². The normalized spacial score (nSPS) is 16.4. The van der Waals surface area contributed by atoms with Crippen LogP contribution in [0.4, 0.5) is 4.39 Å². The number of nitrogens with zero attached hydrogens (tertiary/aromatic N) is 1. The topological polar surface area (TPSA) is 29.3 Å². The van der Waals surface area contributed by atoms with E-state index in [1.165, 1.54) is 12.1 Å². The van der Waals surface area contributed by atoms with Crippen molar-refractivity contribution in [3.63, 3.8) is 0 Å². The maximum absolute atomic E-state index is 13.1. The second-order valence-corrected chi connectivity index (χ2v) is 5.54. The number of hydrogen-bond acceptors (Lipinski definition) is 2. The second kappa shape index (κ2) is 7.01. The molecular formula is C16H27FN2. The molecule has 19 heavy (non-hydrogen) atoms. The molecule has 108 valence electrons. The molecule has 2 unspecified atom stereocenters. The van der Waals surface area contributed by atoms with Gasteiger partial charge in [-0.15, -0.1) is 0 Å². The summed E-state index contributed by atoms with van der Waals surface area (Å²) in [7, 11) is 4.12. The van der Waals surface area contributed by atoms with Gasteiger partial charge < -0.3 is 10.6 Å². The van der Waals surface area contributed by atoms with Crippen LogP contribution in [0.5, 0.6) is 0 Å². The van der Waals surface area contributed by atoms with Crippen LogP contribution in [0.2, 0.25) is 0 Å². The fourth-order valence-corrected chi connectivity index (χ4v) is 2.92. The van der Waals surface area contributed by atoms with Crippen LogP contribution in [-0.2, 0) is 5.54 Å². The number of rotatable bonds is 7. The molecule has 2 atom stereocenters. The van der Waals surface area contributed by atoms with Crippen LogP contribution in [0.25, 0.3) is 0 Å². The number of unbranched alkanes of at least 4 members (excludes halogenated alkanes) is 1. The molecule has 0 spiro atoms. The second-order valence-electron chi connectivity index (χ2n) is 5.54. The molecule has 2 nitrogen and oxygen atoms in total. The van der Waals surface area contributed by atoms with Crippen molar-refractivity contribution >= 4 is 0 Å². The maximum Gasteiger partial charge on any atom is 0.123 e. The van der Waals surface area contributed by atoms with Crippen LogP contribution >= 0.6 is 0 Å².